The molecular weight excluding hydrogens is 256 g/mol. The molecule has 0 rings (SSSR count). The van der Waals surface area contributed by atoms with E-state index < -0.39 is 14.4 Å². The summed E-state index contributed by atoms with van der Waals surface area (Å²) in [7, 11) is -1.79. The van der Waals surface area contributed by atoms with Crippen molar-refractivity contribution >= 4 is 14.1 Å². The Kier molecular flexibility index (Phi) is 6.93. The first-order valence-electron chi connectivity index (χ1n) is 7.25. The molecule has 0 saturated carbocycles. The maximum atomic E-state index is 11.6. The molecule has 4 heteroatoms. The third-order valence-corrected chi connectivity index (χ3v) is 8.59. The maximum Gasteiger partial charge on any atom is 0.192 e. The molecule has 3 nitrogen and oxygen atoms in total. The summed E-state index contributed by atoms with van der Waals surface area (Å²) in [5, 5.41) is 10.1. The van der Waals surface area contributed by atoms with E-state index in [-0.39, 0.29) is 29.3 Å². The number of hydrogen-bond donors (Lipinski definition) is 1. The number of Topliss-reactive ketones (excluding diaryl/α,β-unsaturated/α-hetero) is 1. The fourth-order valence-electron chi connectivity index (χ4n) is 1.66. The van der Waals surface area contributed by atoms with E-state index >= 15 is 0 Å². The number of carbonyl (C=O) groups excluding carboxylic acids is 1. The van der Waals surface area contributed by atoms with Crippen LogP contribution in [0.1, 0.15) is 54.4 Å². The van der Waals surface area contributed by atoms with Crippen LogP contribution in [0.2, 0.25) is 18.1 Å². The minimum atomic E-state index is -1.79. The van der Waals surface area contributed by atoms with E-state index in [1.165, 1.54) is 0 Å². The summed E-state index contributed by atoms with van der Waals surface area (Å²) in [6.45, 7) is 16.7. The van der Waals surface area contributed by atoms with Gasteiger partial charge in [0.25, 0.3) is 0 Å². The molecule has 0 amide bonds. The lowest BCUT2D eigenvalue weighted by Gasteiger charge is -2.38. The van der Waals surface area contributed by atoms with Crippen molar-refractivity contribution in [2.45, 2.75) is 84.7 Å². The Morgan fingerprint density at radius 1 is 1.21 bits per heavy atom. The van der Waals surface area contributed by atoms with Gasteiger partial charge in [0.2, 0.25) is 0 Å². The van der Waals surface area contributed by atoms with Gasteiger partial charge in [-0.15, -0.1) is 0 Å². The van der Waals surface area contributed by atoms with Crippen molar-refractivity contribution in [3.05, 3.63) is 0 Å². The van der Waals surface area contributed by atoms with E-state index in [9.17, 15) is 9.90 Å². The topological polar surface area (TPSA) is 46.5 Å². The van der Waals surface area contributed by atoms with Gasteiger partial charge in [0.1, 0.15) is 5.78 Å². The van der Waals surface area contributed by atoms with Crippen LogP contribution < -0.4 is 0 Å². The third kappa shape index (κ3) is 6.68. The molecule has 0 saturated heterocycles. The highest BCUT2D eigenvalue weighted by molar-refractivity contribution is 6.74. The number of carbonyl (C=O) groups is 1. The fraction of sp³-hybridized carbons (Fsp3) is 0.933. The van der Waals surface area contributed by atoms with Gasteiger partial charge in [-0.25, -0.2) is 0 Å². The zero-order valence-corrected chi connectivity index (χ0v) is 14.9. The van der Waals surface area contributed by atoms with Gasteiger partial charge in [-0.05, 0) is 31.5 Å². The standard InChI is InChI=1S/C15H32O3Si/c1-11(2)14(17)10-13(16)9-12(3)18-19(7,8)15(4,5)6/h11-13,16H,9-10H2,1-8H3/t12-,13-/m1/s1. The van der Waals surface area contributed by atoms with Crippen molar-refractivity contribution in [3.8, 4) is 0 Å². The minimum Gasteiger partial charge on any atom is -0.414 e. The molecule has 2 atom stereocenters. The molecule has 0 aromatic heterocycles. The largest absolute Gasteiger partial charge is 0.414 e. The van der Waals surface area contributed by atoms with Gasteiger partial charge in [0.15, 0.2) is 8.32 Å². The highest BCUT2D eigenvalue weighted by atomic mass is 28.4. The van der Waals surface area contributed by atoms with Gasteiger partial charge >= 0.3 is 0 Å². The molecule has 1 N–H and O–H groups in total. The van der Waals surface area contributed by atoms with E-state index in [1.807, 2.05) is 20.8 Å². The number of aliphatic hydroxyl groups is 1. The van der Waals surface area contributed by atoms with E-state index in [0.29, 0.717) is 6.42 Å². The second-order valence-corrected chi connectivity index (χ2v) is 12.2. The van der Waals surface area contributed by atoms with Gasteiger partial charge < -0.3 is 9.53 Å². The summed E-state index contributed by atoms with van der Waals surface area (Å²) in [6, 6.07) is 0. The molecule has 0 aromatic carbocycles. The summed E-state index contributed by atoms with van der Waals surface area (Å²) in [6.07, 6.45) is 0.180. The van der Waals surface area contributed by atoms with Crippen LogP contribution in [0.3, 0.4) is 0 Å². The van der Waals surface area contributed by atoms with Crippen LogP contribution in [0.4, 0.5) is 0 Å². The lowest BCUT2D eigenvalue weighted by molar-refractivity contribution is -0.124. The Hall–Kier alpha value is -0.193. The van der Waals surface area contributed by atoms with Crippen molar-refractivity contribution in [2.24, 2.45) is 5.92 Å². The summed E-state index contributed by atoms with van der Waals surface area (Å²) >= 11 is 0. The third-order valence-electron chi connectivity index (χ3n) is 3.99. The second-order valence-electron chi connectivity index (χ2n) is 7.40. The van der Waals surface area contributed by atoms with Crippen molar-refractivity contribution in [1.29, 1.82) is 0 Å². The van der Waals surface area contributed by atoms with E-state index in [4.69, 9.17) is 4.43 Å². The van der Waals surface area contributed by atoms with Crippen molar-refractivity contribution in [3.63, 3.8) is 0 Å². The molecule has 0 aliphatic heterocycles. The van der Waals surface area contributed by atoms with Gasteiger partial charge in [0.05, 0.1) is 6.10 Å². The Bertz CT molecular complexity index is 292. The van der Waals surface area contributed by atoms with Crippen molar-refractivity contribution in [1.82, 2.24) is 0 Å². The highest BCUT2D eigenvalue weighted by Crippen LogP contribution is 2.37. The van der Waals surface area contributed by atoms with Crippen molar-refractivity contribution in [2.75, 3.05) is 0 Å². The molecule has 114 valence electrons. The SMILES string of the molecule is CC(C)C(=O)C[C@H](O)C[C@@H](C)O[Si](C)(C)C(C)(C)C. The molecule has 0 bridgehead atoms. The van der Waals surface area contributed by atoms with Crippen LogP contribution in [0.25, 0.3) is 0 Å². The summed E-state index contributed by atoms with van der Waals surface area (Å²) < 4.78 is 6.18. The molecule has 0 heterocycles. The average Bonchev–Trinajstić information content (AvgIpc) is 2.13. The number of ketones is 1. The first-order valence-corrected chi connectivity index (χ1v) is 10.2. The van der Waals surface area contributed by atoms with Crippen LogP contribution >= 0.6 is 0 Å². The summed E-state index contributed by atoms with van der Waals surface area (Å²) in [4.78, 5) is 11.6. The Morgan fingerprint density at radius 3 is 2.05 bits per heavy atom. The lowest BCUT2D eigenvalue weighted by atomic mass is 10.0. The second kappa shape index (κ2) is 7.00. The minimum absolute atomic E-state index is 0.00384. The van der Waals surface area contributed by atoms with Gasteiger partial charge in [-0.3, -0.25) is 4.79 Å². The average molecular weight is 289 g/mol. The summed E-state index contributed by atoms with van der Waals surface area (Å²) in [5.74, 6) is 0.110. The van der Waals surface area contributed by atoms with E-state index in [2.05, 4.69) is 33.9 Å². The van der Waals surface area contributed by atoms with Crippen molar-refractivity contribution < 1.29 is 14.3 Å². The molecule has 0 unspecified atom stereocenters. The van der Waals surface area contributed by atoms with Crippen LogP contribution in [-0.4, -0.2) is 31.4 Å². The number of rotatable bonds is 7. The predicted molar refractivity (Wildman–Crippen MR) is 82.8 cm³/mol. The molecule has 0 aromatic rings. The predicted octanol–water partition coefficient (Wildman–Crippen LogP) is 3.76. The Balaban J connectivity index is 4.32. The van der Waals surface area contributed by atoms with E-state index in [0.717, 1.165) is 0 Å². The molecule has 0 aliphatic rings. The van der Waals surface area contributed by atoms with Gasteiger partial charge in [-0.2, -0.15) is 0 Å². The molecular formula is C15H32O3Si. The van der Waals surface area contributed by atoms with E-state index in [1.54, 1.807) is 0 Å². The lowest BCUT2D eigenvalue weighted by Crippen LogP contribution is -2.44. The molecule has 0 fully saturated rings. The van der Waals surface area contributed by atoms with Crippen LogP contribution in [0.5, 0.6) is 0 Å². The Labute approximate surface area is 119 Å². The monoisotopic (exact) mass is 288 g/mol. The quantitative estimate of drug-likeness (QED) is 0.726. The maximum absolute atomic E-state index is 11.6. The molecule has 19 heavy (non-hydrogen) atoms. The first-order chi connectivity index (χ1) is 8.36. The van der Waals surface area contributed by atoms with Gasteiger partial charge in [0, 0.05) is 18.4 Å². The first kappa shape index (κ1) is 18.8. The zero-order valence-electron chi connectivity index (χ0n) is 13.9. The smallest absolute Gasteiger partial charge is 0.192 e. The van der Waals surface area contributed by atoms with Crippen LogP contribution in [0, 0.1) is 5.92 Å². The van der Waals surface area contributed by atoms with Crippen LogP contribution in [-0.2, 0) is 9.22 Å². The summed E-state index contributed by atoms with van der Waals surface area (Å²) in [5.41, 5.74) is 0. The number of aliphatic hydroxyl groups excluding tert-OH is 1. The Morgan fingerprint density at radius 2 is 1.68 bits per heavy atom. The fourth-order valence-corrected chi connectivity index (χ4v) is 3.12. The molecule has 0 aliphatic carbocycles. The molecule has 0 radical (unpaired) electrons. The zero-order chi connectivity index (χ0) is 15.4. The van der Waals surface area contributed by atoms with Crippen LogP contribution in [0.15, 0.2) is 0 Å². The molecule has 0 spiro atoms. The number of hydrogen-bond acceptors (Lipinski definition) is 3. The normalized spacial score (nSPS) is 16.5. The highest BCUT2D eigenvalue weighted by Gasteiger charge is 2.38. The van der Waals surface area contributed by atoms with Gasteiger partial charge in [-0.1, -0.05) is 34.6 Å².